The fourth-order valence-corrected chi connectivity index (χ4v) is 4.01. The van der Waals surface area contributed by atoms with Crippen molar-refractivity contribution >= 4 is 22.4 Å². The van der Waals surface area contributed by atoms with Gasteiger partial charge in [0.15, 0.2) is 5.65 Å². The summed E-state index contributed by atoms with van der Waals surface area (Å²) in [5, 5.41) is 12.5. The topological polar surface area (TPSA) is 81.8 Å². The molecule has 0 aliphatic heterocycles. The second kappa shape index (κ2) is 5.88. The van der Waals surface area contributed by atoms with E-state index in [0.717, 1.165) is 47.5 Å². The second-order valence-corrected chi connectivity index (χ2v) is 6.89. The predicted molar refractivity (Wildman–Crippen MR) is 100 cm³/mol. The van der Waals surface area contributed by atoms with E-state index in [1.165, 1.54) is 0 Å². The van der Waals surface area contributed by atoms with Gasteiger partial charge in [-0.05, 0) is 49.6 Å². The minimum absolute atomic E-state index is 0.420. The molecule has 0 radical (unpaired) electrons. The summed E-state index contributed by atoms with van der Waals surface area (Å²) in [5.74, 6) is 1.55. The number of nitriles is 1. The van der Waals surface area contributed by atoms with Gasteiger partial charge in [0.05, 0.1) is 35.1 Å². The highest BCUT2D eigenvalue weighted by atomic mass is 15.1. The quantitative estimate of drug-likeness (QED) is 0.593. The Morgan fingerprint density at radius 1 is 1.12 bits per heavy atom. The molecule has 6 nitrogen and oxygen atoms in total. The number of anilines is 1. The van der Waals surface area contributed by atoms with Gasteiger partial charge < -0.3 is 10.3 Å². The van der Waals surface area contributed by atoms with E-state index in [4.69, 9.17) is 10.2 Å². The van der Waals surface area contributed by atoms with Gasteiger partial charge in [0, 0.05) is 23.8 Å². The Morgan fingerprint density at radius 2 is 1.96 bits per heavy atom. The zero-order chi connectivity index (χ0) is 17.5. The molecule has 3 aromatic heterocycles. The van der Waals surface area contributed by atoms with Crippen LogP contribution in [0.4, 0.5) is 5.69 Å². The fraction of sp³-hybridized carbons (Fsp3) is 0.250. The van der Waals surface area contributed by atoms with Gasteiger partial charge in [-0.25, -0.2) is 9.97 Å². The number of nitrogens with zero attached hydrogens (tertiary/aromatic N) is 4. The van der Waals surface area contributed by atoms with Gasteiger partial charge in [-0.15, -0.1) is 0 Å². The largest absolute Gasteiger partial charge is 0.382 e. The molecule has 0 spiro atoms. The van der Waals surface area contributed by atoms with Crippen molar-refractivity contribution in [3.05, 3.63) is 60.3 Å². The van der Waals surface area contributed by atoms with Crippen LogP contribution < -0.4 is 5.32 Å². The predicted octanol–water partition coefficient (Wildman–Crippen LogP) is 3.83. The third-order valence-corrected chi connectivity index (χ3v) is 5.27. The first-order valence-corrected chi connectivity index (χ1v) is 8.88. The maximum absolute atomic E-state index is 8.91. The number of benzene rings is 1. The first-order valence-electron chi connectivity index (χ1n) is 8.88. The zero-order valence-electron chi connectivity index (χ0n) is 14.2. The first kappa shape index (κ1) is 15.0. The average Bonchev–Trinajstić information content (AvgIpc) is 3.40. The molecule has 0 unspecified atom stereocenters. The summed E-state index contributed by atoms with van der Waals surface area (Å²) in [6.45, 7) is 0. The van der Waals surface area contributed by atoms with Crippen LogP contribution in [0.2, 0.25) is 0 Å². The summed E-state index contributed by atoms with van der Waals surface area (Å²) >= 11 is 0. The van der Waals surface area contributed by atoms with Crippen molar-refractivity contribution in [2.24, 2.45) is 0 Å². The molecule has 6 heteroatoms. The van der Waals surface area contributed by atoms with Crippen molar-refractivity contribution < 1.29 is 0 Å². The maximum atomic E-state index is 8.91. The van der Waals surface area contributed by atoms with Crippen molar-refractivity contribution in [1.82, 2.24) is 19.4 Å². The van der Waals surface area contributed by atoms with Crippen LogP contribution in [-0.2, 0) is 0 Å². The van der Waals surface area contributed by atoms with Crippen molar-refractivity contribution in [2.75, 3.05) is 5.32 Å². The van der Waals surface area contributed by atoms with Crippen LogP contribution in [0.5, 0.6) is 0 Å². The molecule has 0 saturated heterocycles. The fourth-order valence-electron chi connectivity index (χ4n) is 4.01. The molecule has 5 rings (SSSR count). The molecule has 1 aliphatic carbocycles. The average molecular weight is 342 g/mol. The summed E-state index contributed by atoms with van der Waals surface area (Å²) in [7, 11) is 0. The third kappa shape index (κ3) is 2.40. The Kier molecular flexibility index (Phi) is 3.39. The number of fused-ring (bicyclic) bond motifs is 3. The van der Waals surface area contributed by atoms with Crippen LogP contribution in [0.25, 0.3) is 16.7 Å². The van der Waals surface area contributed by atoms with Crippen molar-refractivity contribution in [1.29, 1.82) is 5.26 Å². The minimum atomic E-state index is 0.420. The highest BCUT2D eigenvalue weighted by molar-refractivity contribution is 5.75. The van der Waals surface area contributed by atoms with Gasteiger partial charge in [-0.3, -0.25) is 4.40 Å². The van der Waals surface area contributed by atoms with Crippen molar-refractivity contribution in [3.63, 3.8) is 0 Å². The van der Waals surface area contributed by atoms with E-state index in [0.29, 0.717) is 17.5 Å². The van der Waals surface area contributed by atoms with Crippen LogP contribution in [0.15, 0.2) is 48.9 Å². The SMILES string of the molecule is N#Cc1ccc(N[C@@H]2CC[C@H](c3ncc4cnc5[nH]ccc5n34)C2)cc1. The Bertz CT molecular complexity index is 1110. The lowest BCUT2D eigenvalue weighted by molar-refractivity contribution is 0.657. The second-order valence-electron chi connectivity index (χ2n) is 6.89. The van der Waals surface area contributed by atoms with Crippen LogP contribution >= 0.6 is 0 Å². The summed E-state index contributed by atoms with van der Waals surface area (Å²) < 4.78 is 2.23. The number of rotatable bonds is 3. The summed E-state index contributed by atoms with van der Waals surface area (Å²) in [5.41, 5.74) is 4.77. The van der Waals surface area contributed by atoms with Gasteiger partial charge in [-0.1, -0.05) is 0 Å². The van der Waals surface area contributed by atoms with E-state index < -0.39 is 0 Å². The molecule has 128 valence electrons. The Labute approximate surface area is 150 Å². The number of nitrogens with one attached hydrogen (secondary N) is 2. The van der Waals surface area contributed by atoms with E-state index >= 15 is 0 Å². The van der Waals surface area contributed by atoms with Crippen molar-refractivity contribution in [2.45, 2.75) is 31.2 Å². The molecule has 0 bridgehead atoms. The third-order valence-electron chi connectivity index (χ3n) is 5.27. The molecule has 0 amide bonds. The summed E-state index contributed by atoms with van der Waals surface area (Å²) in [6, 6.07) is 12.3. The summed E-state index contributed by atoms with van der Waals surface area (Å²) in [4.78, 5) is 12.3. The van der Waals surface area contributed by atoms with Gasteiger partial charge in [-0.2, -0.15) is 5.26 Å². The van der Waals surface area contributed by atoms with Gasteiger partial charge in [0.25, 0.3) is 0 Å². The zero-order valence-corrected chi connectivity index (χ0v) is 14.2. The van der Waals surface area contributed by atoms with Gasteiger partial charge >= 0.3 is 0 Å². The van der Waals surface area contributed by atoms with E-state index in [1.54, 1.807) is 0 Å². The van der Waals surface area contributed by atoms with E-state index in [-0.39, 0.29) is 0 Å². The van der Waals surface area contributed by atoms with E-state index in [1.807, 2.05) is 42.9 Å². The molecule has 2 N–H and O–H groups in total. The Morgan fingerprint density at radius 3 is 2.81 bits per heavy atom. The normalized spacial score (nSPS) is 19.8. The molecule has 26 heavy (non-hydrogen) atoms. The molecule has 1 aliphatic rings. The number of H-pyrrole nitrogens is 1. The molecule has 1 fully saturated rings. The summed E-state index contributed by atoms with van der Waals surface area (Å²) in [6.07, 6.45) is 8.98. The first-order chi connectivity index (χ1) is 12.8. The van der Waals surface area contributed by atoms with E-state index in [9.17, 15) is 0 Å². The molecular formula is C20H18N6. The number of hydrogen-bond donors (Lipinski definition) is 2. The Balaban J connectivity index is 1.39. The van der Waals surface area contributed by atoms with Crippen LogP contribution in [0.1, 0.15) is 36.6 Å². The van der Waals surface area contributed by atoms with Gasteiger partial charge in [0.1, 0.15) is 5.82 Å². The standard InChI is InChI=1S/C20H18N6/c21-10-13-1-4-15(5-2-13)25-16-6-3-14(9-16)20-24-12-17-11-23-19-18(26(17)20)7-8-22-19/h1-2,4-5,7-8,11-12,14,16,22,25H,3,6,9H2/t14-,16+/m0/s1. The molecule has 3 heterocycles. The Hall–Kier alpha value is -3.33. The minimum Gasteiger partial charge on any atom is -0.382 e. The van der Waals surface area contributed by atoms with Crippen molar-refractivity contribution in [3.8, 4) is 6.07 Å². The lowest BCUT2D eigenvalue weighted by Crippen LogP contribution is -2.15. The van der Waals surface area contributed by atoms with Crippen LogP contribution in [-0.4, -0.2) is 25.4 Å². The van der Waals surface area contributed by atoms with Crippen LogP contribution in [0.3, 0.4) is 0 Å². The number of aromatic nitrogens is 4. The lowest BCUT2D eigenvalue weighted by atomic mass is 10.1. The highest BCUT2D eigenvalue weighted by Gasteiger charge is 2.29. The maximum Gasteiger partial charge on any atom is 0.154 e. The molecule has 1 aromatic carbocycles. The monoisotopic (exact) mass is 342 g/mol. The lowest BCUT2D eigenvalue weighted by Gasteiger charge is -2.15. The van der Waals surface area contributed by atoms with Gasteiger partial charge in [0.2, 0.25) is 0 Å². The smallest absolute Gasteiger partial charge is 0.154 e. The number of aromatic amines is 1. The molecule has 4 aromatic rings. The molecular weight excluding hydrogens is 324 g/mol. The van der Waals surface area contributed by atoms with Crippen LogP contribution in [0, 0.1) is 11.3 Å². The molecule has 1 saturated carbocycles. The van der Waals surface area contributed by atoms with E-state index in [2.05, 4.69) is 31.8 Å². The highest BCUT2D eigenvalue weighted by Crippen LogP contribution is 2.36. The number of hydrogen-bond acceptors (Lipinski definition) is 4. The number of imidazole rings is 1. The molecule has 2 atom stereocenters.